The number of carbonyl (C=O) groups excluding carboxylic acids is 1. The summed E-state index contributed by atoms with van der Waals surface area (Å²) in [6, 6.07) is 0. The van der Waals surface area contributed by atoms with Crippen LogP contribution in [0.2, 0.25) is 0 Å². The molecule has 0 heterocycles. The summed E-state index contributed by atoms with van der Waals surface area (Å²) in [4.78, 5) is 12.0. The van der Waals surface area contributed by atoms with Gasteiger partial charge in [-0.15, -0.1) is 0 Å². The molecule has 1 aliphatic rings. The molecule has 4 nitrogen and oxygen atoms in total. The molecule has 0 spiro atoms. The lowest BCUT2D eigenvalue weighted by molar-refractivity contribution is -0.123. The second-order valence-electron chi connectivity index (χ2n) is 6.22. The lowest BCUT2D eigenvalue weighted by Gasteiger charge is -2.35. The van der Waals surface area contributed by atoms with Crippen molar-refractivity contribution in [1.29, 1.82) is 0 Å². The van der Waals surface area contributed by atoms with Gasteiger partial charge in [0.1, 0.15) is 0 Å². The zero-order valence-corrected chi connectivity index (χ0v) is 12.3. The third kappa shape index (κ3) is 5.91. The molecule has 112 valence electrons. The van der Waals surface area contributed by atoms with Gasteiger partial charge in [0.2, 0.25) is 5.91 Å². The predicted molar refractivity (Wildman–Crippen MR) is 77.7 cm³/mol. The summed E-state index contributed by atoms with van der Waals surface area (Å²) in [5.41, 5.74) is 5.95. The Balaban J connectivity index is 2.22. The average molecular weight is 270 g/mol. The Kier molecular flexibility index (Phi) is 7.39. The zero-order valence-electron chi connectivity index (χ0n) is 12.3. The van der Waals surface area contributed by atoms with E-state index >= 15 is 0 Å². The standard InChI is InChI=1S/C15H30N2O2/c1-13(11-18)6-5-9-17-14(19)10-15(12-16)7-3-2-4-8-15/h13,18H,2-12,16H2,1H3,(H,17,19). The summed E-state index contributed by atoms with van der Waals surface area (Å²) in [5.74, 6) is 0.467. The highest BCUT2D eigenvalue weighted by Crippen LogP contribution is 2.38. The third-order valence-electron chi connectivity index (χ3n) is 4.39. The van der Waals surface area contributed by atoms with Crippen molar-refractivity contribution in [3.63, 3.8) is 0 Å². The first-order valence-corrected chi connectivity index (χ1v) is 7.69. The number of amides is 1. The van der Waals surface area contributed by atoms with Gasteiger partial charge in [-0.3, -0.25) is 4.79 Å². The van der Waals surface area contributed by atoms with Crippen LogP contribution < -0.4 is 11.1 Å². The summed E-state index contributed by atoms with van der Waals surface area (Å²) in [6.45, 7) is 3.59. The molecule has 0 bridgehead atoms. The molecule has 1 atom stereocenters. The summed E-state index contributed by atoms with van der Waals surface area (Å²) < 4.78 is 0. The van der Waals surface area contributed by atoms with Crippen LogP contribution >= 0.6 is 0 Å². The Morgan fingerprint density at radius 3 is 2.63 bits per heavy atom. The second-order valence-corrected chi connectivity index (χ2v) is 6.22. The lowest BCUT2D eigenvalue weighted by Crippen LogP contribution is -2.38. The molecular formula is C15H30N2O2. The normalized spacial score (nSPS) is 19.9. The Bertz CT molecular complexity index is 263. The van der Waals surface area contributed by atoms with E-state index in [1.165, 1.54) is 19.3 Å². The molecular weight excluding hydrogens is 240 g/mol. The van der Waals surface area contributed by atoms with Gasteiger partial charge < -0.3 is 16.2 Å². The topological polar surface area (TPSA) is 75.3 Å². The van der Waals surface area contributed by atoms with Gasteiger partial charge in [0.05, 0.1) is 0 Å². The molecule has 19 heavy (non-hydrogen) atoms. The molecule has 1 aliphatic carbocycles. The fourth-order valence-electron chi connectivity index (χ4n) is 2.93. The minimum Gasteiger partial charge on any atom is -0.396 e. The van der Waals surface area contributed by atoms with Crippen LogP contribution in [-0.4, -0.2) is 30.7 Å². The Labute approximate surface area is 117 Å². The van der Waals surface area contributed by atoms with Crippen LogP contribution in [-0.2, 0) is 4.79 Å². The van der Waals surface area contributed by atoms with E-state index in [1.807, 2.05) is 6.92 Å². The van der Waals surface area contributed by atoms with Gasteiger partial charge in [0, 0.05) is 19.6 Å². The van der Waals surface area contributed by atoms with Crippen molar-refractivity contribution in [3.05, 3.63) is 0 Å². The Morgan fingerprint density at radius 2 is 2.05 bits per heavy atom. The molecule has 0 aromatic heterocycles. The molecule has 1 saturated carbocycles. The van der Waals surface area contributed by atoms with Crippen molar-refractivity contribution in [2.24, 2.45) is 17.1 Å². The molecule has 1 fully saturated rings. The van der Waals surface area contributed by atoms with Gasteiger partial charge in [0.15, 0.2) is 0 Å². The number of hydrogen-bond donors (Lipinski definition) is 3. The van der Waals surface area contributed by atoms with E-state index in [0.29, 0.717) is 25.4 Å². The van der Waals surface area contributed by atoms with Crippen molar-refractivity contribution in [3.8, 4) is 0 Å². The number of nitrogens with two attached hydrogens (primary N) is 1. The second kappa shape index (κ2) is 8.54. The summed E-state index contributed by atoms with van der Waals surface area (Å²) in [7, 11) is 0. The van der Waals surface area contributed by atoms with E-state index in [4.69, 9.17) is 10.8 Å². The minimum absolute atomic E-state index is 0.0563. The van der Waals surface area contributed by atoms with Crippen molar-refractivity contribution in [2.45, 2.75) is 58.3 Å². The first kappa shape index (κ1) is 16.4. The molecule has 4 heteroatoms. The monoisotopic (exact) mass is 270 g/mol. The molecule has 0 aromatic carbocycles. The number of hydrogen-bond acceptors (Lipinski definition) is 3. The van der Waals surface area contributed by atoms with Crippen LogP contribution in [0.3, 0.4) is 0 Å². The van der Waals surface area contributed by atoms with Crippen LogP contribution in [0.4, 0.5) is 0 Å². The first-order chi connectivity index (χ1) is 9.12. The number of carbonyl (C=O) groups is 1. The van der Waals surface area contributed by atoms with Gasteiger partial charge in [-0.1, -0.05) is 26.2 Å². The number of nitrogens with one attached hydrogen (secondary N) is 1. The Morgan fingerprint density at radius 1 is 1.37 bits per heavy atom. The number of rotatable bonds is 8. The van der Waals surface area contributed by atoms with Crippen molar-refractivity contribution in [1.82, 2.24) is 5.32 Å². The van der Waals surface area contributed by atoms with E-state index in [-0.39, 0.29) is 17.9 Å². The molecule has 1 rings (SSSR count). The molecule has 1 unspecified atom stereocenters. The number of aliphatic hydroxyl groups is 1. The van der Waals surface area contributed by atoms with Gasteiger partial charge in [0.25, 0.3) is 0 Å². The van der Waals surface area contributed by atoms with Crippen molar-refractivity contribution >= 4 is 5.91 Å². The maximum Gasteiger partial charge on any atom is 0.220 e. The lowest BCUT2D eigenvalue weighted by atomic mass is 9.71. The first-order valence-electron chi connectivity index (χ1n) is 7.69. The maximum atomic E-state index is 12.0. The fourth-order valence-corrected chi connectivity index (χ4v) is 2.93. The molecule has 0 radical (unpaired) electrons. The summed E-state index contributed by atoms with van der Waals surface area (Å²) >= 11 is 0. The average Bonchev–Trinajstić information content (AvgIpc) is 2.44. The van der Waals surface area contributed by atoms with Gasteiger partial charge in [-0.2, -0.15) is 0 Å². The fraction of sp³-hybridized carbons (Fsp3) is 0.933. The maximum absolute atomic E-state index is 12.0. The van der Waals surface area contributed by atoms with E-state index in [0.717, 1.165) is 25.7 Å². The quantitative estimate of drug-likeness (QED) is 0.589. The molecule has 1 amide bonds. The highest BCUT2D eigenvalue weighted by molar-refractivity contribution is 5.76. The highest BCUT2D eigenvalue weighted by atomic mass is 16.3. The van der Waals surface area contributed by atoms with E-state index in [2.05, 4.69) is 5.32 Å². The molecule has 0 aliphatic heterocycles. The predicted octanol–water partition coefficient (Wildman–Crippen LogP) is 1.81. The van der Waals surface area contributed by atoms with Crippen LogP contribution in [0.25, 0.3) is 0 Å². The van der Waals surface area contributed by atoms with Crippen LogP contribution in [0, 0.1) is 11.3 Å². The summed E-state index contributed by atoms with van der Waals surface area (Å²) in [6.07, 6.45) is 8.36. The SMILES string of the molecule is CC(CO)CCCNC(=O)CC1(CN)CCCCC1. The van der Waals surface area contributed by atoms with E-state index in [1.54, 1.807) is 0 Å². The molecule has 4 N–H and O–H groups in total. The van der Waals surface area contributed by atoms with Crippen molar-refractivity contribution < 1.29 is 9.90 Å². The van der Waals surface area contributed by atoms with Gasteiger partial charge in [-0.05, 0) is 43.6 Å². The highest BCUT2D eigenvalue weighted by Gasteiger charge is 2.32. The smallest absolute Gasteiger partial charge is 0.220 e. The van der Waals surface area contributed by atoms with Gasteiger partial charge in [-0.25, -0.2) is 0 Å². The van der Waals surface area contributed by atoms with Crippen LogP contribution in [0.5, 0.6) is 0 Å². The largest absolute Gasteiger partial charge is 0.396 e. The third-order valence-corrected chi connectivity index (χ3v) is 4.39. The van der Waals surface area contributed by atoms with Crippen LogP contribution in [0.15, 0.2) is 0 Å². The Hall–Kier alpha value is -0.610. The van der Waals surface area contributed by atoms with Gasteiger partial charge >= 0.3 is 0 Å². The van der Waals surface area contributed by atoms with E-state index < -0.39 is 0 Å². The zero-order chi connectivity index (χ0) is 14.1. The van der Waals surface area contributed by atoms with E-state index in [9.17, 15) is 4.79 Å². The number of aliphatic hydroxyl groups excluding tert-OH is 1. The minimum atomic E-state index is 0.0563. The molecule has 0 saturated heterocycles. The summed E-state index contributed by atoms with van der Waals surface area (Å²) in [5, 5.41) is 11.9. The van der Waals surface area contributed by atoms with Crippen LogP contribution in [0.1, 0.15) is 58.3 Å². The van der Waals surface area contributed by atoms with Crippen molar-refractivity contribution in [2.75, 3.05) is 19.7 Å². The molecule has 0 aromatic rings.